The van der Waals surface area contributed by atoms with Crippen molar-refractivity contribution in [1.29, 1.82) is 0 Å². The fourth-order valence-electron chi connectivity index (χ4n) is 2.74. The summed E-state index contributed by atoms with van der Waals surface area (Å²) in [6, 6.07) is 0. The summed E-state index contributed by atoms with van der Waals surface area (Å²) < 4.78 is 23.6. The van der Waals surface area contributed by atoms with Gasteiger partial charge >= 0.3 is 0 Å². The van der Waals surface area contributed by atoms with Crippen molar-refractivity contribution in [3.8, 4) is 0 Å². The predicted molar refractivity (Wildman–Crippen MR) is 113 cm³/mol. The molecule has 0 fully saturated rings. The van der Waals surface area contributed by atoms with E-state index >= 15 is 0 Å². The Morgan fingerprint density at radius 3 is 1.61 bits per heavy atom. The van der Waals surface area contributed by atoms with E-state index in [9.17, 15) is 10.2 Å². The molecule has 6 nitrogen and oxygen atoms in total. The summed E-state index contributed by atoms with van der Waals surface area (Å²) in [6.07, 6.45) is 5.30. The van der Waals surface area contributed by atoms with Gasteiger partial charge in [0.25, 0.3) is 0 Å². The summed E-state index contributed by atoms with van der Waals surface area (Å²) in [7, 11) is 0. The van der Waals surface area contributed by atoms with Crippen molar-refractivity contribution in [3.63, 3.8) is 0 Å². The first-order chi connectivity index (χ1) is 13.7. The lowest BCUT2D eigenvalue weighted by Gasteiger charge is -2.35. The fourth-order valence-corrected chi connectivity index (χ4v) is 2.74. The van der Waals surface area contributed by atoms with Crippen molar-refractivity contribution >= 4 is 0 Å². The number of hydrogen-bond acceptors (Lipinski definition) is 6. The number of aliphatic hydroxyl groups excluding tert-OH is 2. The summed E-state index contributed by atoms with van der Waals surface area (Å²) in [4.78, 5) is 0. The standard InChI is InChI=1S/C22H46O6/c1-5-9-13-25-18-19(24)21(27-15-11-7-3)22(28-16-12-8-4)20(17-23)26-14-10-6-2/h19-24H,5-18H2,1-4H3. The molecule has 4 unspecified atom stereocenters. The zero-order valence-corrected chi connectivity index (χ0v) is 18.7. The van der Waals surface area contributed by atoms with Gasteiger partial charge in [-0.05, 0) is 25.7 Å². The maximum Gasteiger partial charge on any atom is 0.115 e. The monoisotopic (exact) mass is 406 g/mol. The Bertz CT molecular complexity index is 315. The smallest absolute Gasteiger partial charge is 0.115 e. The lowest BCUT2D eigenvalue weighted by molar-refractivity contribution is -0.184. The summed E-state index contributed by atoms with van der Waals surface area (Å²) in [5, 5.41) is 20.7. The highest BCUT2D eigenvalue weighted by Crippen LogP contribution is 2.18. The van der Waals surface area contributed by atoms with Gasteiger partial charge in [-0.3, -0.25) is 0 Å². The molecule has 0 amide bonds. The van der Waals surface area contributed by atoms with Crippen LogP contribution in [0, 0.1) is 0 Å². The second-order valence-corrected chi connectivity index (χ2v) is 7.32. The molecule has 0 aromatic carbocycles. The highest BCUT2D eigenvalue weighted by Gasteiger charge is 2.36. The molecular formula is C22H46O6. The molecule has 0 aliphatic carbocycles. The lowest BCUT2D eigenvalue weighted by atomic mass is 10.0. The van der Waals surface area contributed by atoms with Gasteiger partial charge in [-0.2, -0.15) is 0 Å². The molecule has 0 aliphatic heterocycles. The number of hydrogen-bond donors (Lipinski definition) is 2. The third-order valence-electron chi connectivity index (χ3n) is 4.63. The van der Waals surface area contributed by atoms with Gasteiger partial charge in [-0.15, -0.1) is 0 Å². The van der Waals surface area contributed by atoms with Gasteiger partial charge in [0.1, 0.15) is 24.4 Å². The first-order valence-electron chi connectivity index (χ1n) is 11.4. The van der Waals surface area contributed by atoms with E-state index in [1.54, 1.807) is 0 Å². The van der Waals surface area contributed by atoms with Crippen LogP contribution < -0.4 is 0 Å². The van der Waals surface area contributed by atoms with Gasteiger partial charge in [0.15, 0.2) is 0 Å². The average Bonchev–Trinajstić information content (AvgIpc) is 2.70. The molecule has 0 saturated carbocycles. The Labute approximate surface area is 172 Å². The van der Waals surface area contributed by atoms with Gasteiger partial charge in [0.2, 0.25) is 0 Å². The number of aliphatic hydroxyl groups is 2. The van der Waals surface area contributed by atoms with Crippen molar-refractivity contribution in [2.45, 2.75) is 103 Å². The maximum absolute atomic E-state index is 10.8. The van der Waals surface area contributed by atoms with Crippen LogP contribution >= 0.6 is 0 Å². The summed E-state index contributed by atoms with van der Waals surface area (Å²) in [5.41, 5.74) is 0. The van der Waals surface area contributed by atoms with Crippen LogP contribution in [0.3, 0.4) is 0 Å². The van der Waals surface area contributed by atoms with E-state index in [0.29, 0.717) is 26.4 Å². The zero-order valence-electron chi connectivity index (χ0n) is 18.7. The summed E-state index contributed by atoms with van der Waals surface area (Å²) in [5.74, 6) is 0. The van der Waals surface area contributed by atoms with Crippen LogP contribution in [0.2, 0.25) is 0 Å². The molecular weight excluding hydrogens is 360 g/mol. The zero-order chi connectivity index (χ0) is 21.0. The SMILES string of the molecule is CCCCOCC(O)C(OCCCC)C(OCCCC)C(CO)OCCCC. The van der Waals surface area contributed by atoms with Crippen LogP contribution in [0.25, 0.3) is 0 Å². The second kappa shape index (κ2) is 20.0. The van der Waals surface area contributed by atoms with Crippen molar-refractivity contribution < 1.29 is 29.2 Å². The van der Waals surface area contributed by atoms with Crippen LogP contribution in [-0.4, -0.2) is 74.3 Å². The van der Waals surface area contributed by atoms with Gasteiger partial charge in [0.05, 0.1) is 13.2 Å². The third-order valence-corrected chi connectivity index (χ3v) is 4.63. The molecule has 0 rings (SSSR count). The quantitative estimate of drug-likeness (QED) is 0.283. The van der Waals surface area contributed by atoms with E-state index in [0.717, 1.165) is 51.4 Å². The highest BCUT2D eigenvalue weighted by molar-refractivity contribution is 4.85. The molecule has 0 aromatic heterocycles. The van der Waals surface area contributed by atoms with Gasteiger partial charge in [-0.25, -0.2) is 0 Å². The largest absolute Gasteiger partial charge is 0.394 e. The number of rotatable bonds is 21. The summed E-state index contributed by atoms with van der Waals surface area (Å²) >= 11 is 0. The molecule has 0 spiro atoms. The minimum absolute atomic E-state index is 0.169. The van der Waals surface area contributed by atoms with E-state index in [1.807, 2.05) is 0 Å². The van der Waals surface area contributed by atoms with E-state index in [1.165, 1.54) is 0 Å². The first-order valence-corrected chi connectivity index (χ1v) is 11.4. The van der Waals surface area contributed by atoms with E-state index in [4.69, 9.17) is 18.9 Å². The molecule has 4 atom stereocenters. The Morgan fingerprint density at radius 1 is 0.643 bits per heavy atom. The Hall–Kier alpha value is -0.240. The maximum atomic E-state index is 10.8. The van der Waals surface area contributed by atoms with Crippen LogP contribution in [-0.2, 0) is 18.9 Å². The first kappa shape index (κ1) is 27.8. The Morgan fingerprint density at radius 2 is 1.11 bits per heavy atom. The molecule has 0 aromatic rings. The van der Waals surface area contributed by atoms with Crippen LogP contribution in [0.5, 0.6) is 0 Å². The van der Waals surface area contributed by atoms with Crippen molar-refractivity contribution in [2.24, 2.45) is 0 Å². The fraction of sp³-hybridized carbons (Fsp3) is 1.00. The highest BCUT2D eigenvalue weighted by atomic mass is 16.6. The predicted octanol–water partition coefficient (Wildman–Crippen LogP) is 3.71. The molecule has 6 heteroatoms. The molecule has 170 valence electrons. The van der Waals surface area contributed by atoms with E-state index in [-0.39, 0.29) is 13.2 Å². The van der Waals surface area contributed by atoms with Gasteiger partial charge < -0.3 is 29.2 Å². The minimum atomic E-state index is -0.829. The third kappa shape index (κ3) is 13.1. The van der Waals surface area contributed by atoms with Gasteiger partial charge in [-0.1, -0.05) is 53.4 Å². The topological polar surface area (TPSA) is 77.4 Å². The second-order valence-electron chi connectivity index (χ2n) is 7.32. The Kier molecular flexibility index (Phi) is 19.9. The van der Waals surface area contributed by atoms with Gasteiger partial charge in [0, 0.05) is 26.4 Å². The average molecular weight is 407 g/mol. The number of ether oxygens (including phenoxy) is 4. The minimum Gasteiger partial charge on any atom is -0.394 e. The lowest BCUT2D eigenvalue weighted by Crippen LogP contribution is -2.51. The molecule has 0 heterocycles. The van der Waals surface area contributed by atoms with E-state index in [2.05, 4.69) is 27.7 Å². The molecule has 0 radical (unpaired) electrons. The van der Waals surface area contributed by atoms with Crippen molar-refractivity contribution in [1.82, 2.24) is 0 Å². The molecule has 28 heavy (non-hydrogen) atoms. The molecule has 0 aliphatic rings. The molecule has 0 bridgehead atoms. The van der Waals surface area contributed by atoms with Crippen LogP contribution in [0.1, 0.15) is 79.1 Å². The van der Waals surface area contributed by atoms with E-state index < -0.39 is 24.4 Å². The van der Waals surface area contributed by atoms with Crippen LogP contribution in [0.15, 0.2) is 0 Å². The van der Waals surface area contributed by atoms with Crippen molar-refractivity contribution in [3.05, 3.63) is 0 Å². The Balaban J connectivity index is 5.14. The normalized spacial score (nSPS) is 16.1. The summed E-state index contributed by atoms with van der Waals surface area (Å²) in [6.45, 7) is 10.7. The van der Waals surface area contributed by atoms with Crippen LogP contribution in [0.4, 0.5) is 0 Å². The molecule has 0 saturated heterocycles. The van der Waals surface area contributed by atoms with Crippen molar-refractivity contribution in [2.75, 3.05) is 39.6 Å². The number of unbranched alkanes of at least 4 members (excludes halogenated alkanes) is 4. The molecule has 2 N–H and O–H groups in total.